The lowest BCUT2D eigenvalue weighted by atomic mass is 10.1. The second-order valence-corrected chi connectivity index (χ2v) is 4.66. The lowest BCUT2D eigenvalue weighted by Gasteiger charge is -2.06. The summed E-state index contributed by atoms with van der Waals surface area (Å²) < 4.78 is 28.0. The number of aromatic nitrogens is 3. The van der Waals surface area contributed by atoms with Crippen LogP contribution in [0.2, 0.25) is 0 Å². The third-order valence-electron chi connectivity index (χ3n) is 3.10. The summed E-state index contributed by atoms with van der Waals surface area (Å²) in [5.41, 5.74) is 4.00. The van der Waals surface area contributed by atoms with E-state index in [9.17, 15) is 18.9 Å². The number of halogens is 2. The molecule has 0 spiro atoms. The summed E-state index contributed by atoms with van der Waals surface area (Å²) in [6, 6.07) is 1.55. The number of hydrogen-bond acceptors (Lipinski definition) is 6. The molecule has 2 N–H and O–H groups in total. The molecule has 0 unspecified atom stereocenters. The van der Waals surface area contributed by atoms with Gasteiger partial charge < -0.3 is 5.73 Å². The summed E-state index contributed by atoms with van der Waals surface area (Å²) in [5, 5.41) is 10.7. The Hall–Kier alpha value is -2.71. The molecule has 0 bridgehead atoms. The smallest absolute Gasteiger partial charge is 0.305 e. The molecule has 1 aliphatic rings. The summed E-state index contributed by atoms with van der Waals surface area (Å²) in [6.45, 7) is 0. The van der Waals surface area contributed by atoms with Gasteiger partial charge in [0.15, 0.2) is 5.82 Å². The molecule has 0 saturated heterocycles. The predicted octanol–water partition coefficient (Wildman–Crippen LogP) is 2.18. The maximum Gasteiger partial charge on any atom is 0.305 e. The van der Waals surface area contributed by atoms with Crippen molar-refractivity contribution in [1.82, 2.24) is 15.0 Å². The molecule has 3 rings (SSSR count). The molecule has 1 aromatic heterocycles. The fraction of sp³-hybridized carbons (Fsp3) is 0.250. The van der Waals surface area contributed by atoms with Gasteiger partial charge >= 0.3 is 5.69 Å². The number of rotatable bonds is 3. The van der Waals surface area contributed by atoms with E-state index >= 15 is 0 Å². The largest absolute Gasteiger partial charge is 0.368 e. The van der Waals surface area contributed by atoms with Gasteiger partial charge in [0.1, 0.15) is 11.6 Å². The Bertz CT molecular complexity index is 749. The van der Waals surface area contributed by atoms with Crippen LogP contribution in [-0.2, 0) is 0 Å². The molecule has 0 atom stereocenters. The maximum atomic E-state index is 14.1. The minimum atomic E-state index is -1.33. The van der Waals surface area contributed by atoms with Crippen molar-refractivity contribution < 1.29 is 13.7 Å². The number of hydrogen-bond donors (Lipinski definition) is 1. The van der Waals surface area contributed by atoms with Gasteiger partial charge in [-0.3, -0.25) is 10.1 Å². The first-order chi connectivity index (χ1) is 9.97. The van der Waals surface area contributed by atoms with Crippen LogP contribution < -0.4 is 5.73 Å². The minimum Gasteiger partial charge on any atom is -0.368 e. The topological polar surface area (TPSA) is 108 Å². The Labute approximate surface area is 117 Å². The van der Waals surface area contributed by atoms with Crippen LogP contribution in [0.4, 0.5) is 20.4 Å². The Balaban J connectivity index is 2.20. The van der Waals surface area contributed by atoms with E-state index in [1.807, 2.05) is 0 Å². The van der Waals surface area contributed by atoms with Crippen LogP contribution in [0.3, 0.4) is 0 Å². The summed E-state index contributed by atoms with van der Waals surface area (Å²) in [5.74, 6) is -2.38. The molecular weight excluding hydrogens is 284 g/mol. The van der Waals surface area contributed by atoms with E-state index in [0.29, 0.717) is 5.82 Å². The number of benzene rings is 1. The highest BCUT2D eigenvalue weighted by Crippen LogP contribution is 2.39. The van der Waals surface area contributed by atoms with Crippen molar-refractivity contribution in [2.45, 2.75) is 18.8 Å². The minimum absolute atomic E-state index is 0.0962. The number of nitro benzene ring substituents is 1. The Morgan fingerprint density at radius 3 is 2.57 bits per heavy atom. The van der Waals surface area contributed by atoms with E-state index in [1.165, 1.54) is 0 Å². The van der Waals surface area contributed by atoms with Gasteiger partial charge in [-0.15, -0.1) is 0 Å². The predicted molar refractivity (Wildman–Crippen MR) is 68.2 cm³/mol. The van der Waals surface area contributed by atoms with E-state index in [0.717, 1.165) is 25.0 Å². The van der Waals surface area contributed by atoms with Gasteiger partial charge in [-0.05, 0) is 18.9 Å². The molecule has 108 valence electrons. The quantitative estimate of drug-likeness (QED) is 0.686. The van der Waals surface area contributed by atoms with Gasteiger partial charge in [0.05, 0.1) is 10.5 Å². The van der Waals surface area contributed by atoms with Crippen molar-refractivity contribution in [2.75, 3.05) is 5.73 Å². The van der Waals surface area contributed by atoms with E-state index < -0.39 is 27.8 Å². The second kappa shape index (κ2) is 4.69. The summed E-state index contributed by atoms with van der Waals surface area (Å²) in [4.78, 5) is 21.4. The Morgan fingerprint density at radius 1 is 1.24 bits per heavy atom. The zero-order chi connectivity index (χ0) is 15.1. The van der Waals surface area contributed by atoms with Gasteiger partial charge in [-0.2, -0.15) is 14.4 Å². The molecule has 1 saturated carbocycles. The number of anilines is 1. The lowest BCUT2D eigenvalue weighted by molar-refractivity contribution is -0.387. The van der Waals surface area contributed by atoms with Gasteiger partial charge in [-0.1, -0.05) is 0 Å². The lowest BCUT2D eigenvalue weighted by Crippen LogP contribution is -2.07. The monoisotopic (exact) mass is 293 g/mol. The van der Waals surface area contributed by atoms with Crippen molar-refractivity contribution in [3.05, 3.63) is 39.7 Å². The molecule has 1 heterocycles. The maximum absolute atomic E-state index is 14.1. The SMILES string of the molecule is Nc1nc(-c2c(F)ccc([N+](=O)[O-])c2F)nc(C2CC2)n1. The second-order valence-electron chi connectivity index (χ2n) is 4.66. The Morgan fingerprint density at radius 2 is 1.95 bits per heavy atom. The average molecular weight is 293 g/mol. The van der Waals surface area contributed by atoms with Gasteiger partial charge in [0.25, 0.3) is 0 Å². The molecule has 0 aliphatic heterocycles. The van der Waals surface area contributed by atoms with E-state index in [4.69, 9.17) is 5.73 Å². The standard InChI is InChI=1S/C12H9F2N5O2/c13-6-3-4-7(19(20)21)9(14)8(6)11-16-10(5-1-2-5)17-12(15)18-11/h3-5H,1-2H2,(H2,15,16,17,18). The highest BCUT2D eigenvalue weighted by atomic mass is 19.1. The molecule has 7 nitrogen and oxygen atoms in total. The van der Waals surface area contributed by atoms with Crippen molar-refractivity contribution in [3.8, 4) is 11.4 Å². The number of nitrogens with zero attached hydrogens (tertiary/aromatic N) is 4. The number of nitro groups is 1. The first-order valence-corrected chi connectivity index (χ1v) is 6.11. The van der Waals surface area contributed by atoms with Crippen LogP contribution >= 0.6 is 0 Å². The molecule has 1 aliphatic carbocycles. The molecule has 0 radical (unpaired) electrons. The number of nitrogens with two attached hydrogens (primary N) is 1. The van der Waals surface area contributed by atoms with Crippen LogP contribution in [0.5, 0.6) is 0 Å². The number of nitrogen functional groups attached to an aromatic ring is 1. The fourth-order valence-electron chi connectivity index (χ4n) is 1.93. The molecule has 0 amide bonds. The normalized spacial score (nSPS) is 14.2. The average Bonchev–Trinajstić information content (AvgIpc) is 3.21. The molecule has 2 aromatic rings. The van der Waals surface area contributed by atoms with Crippen molar-refractivity contribution in [1.29, 1.82) is 0 Å². The van der Waals surface area contributed by atoms with Crippen molar-refractivity contribution in [3.63, 3.8) is 0 Å². The zero-order valence-corrected chi connectivity index (χ0v) is 10.6. The molecule has 1 fully saturated rings. The van der Waals surface area contributed by atoms with E-state index in [1.54, 1.807) is 0 Å². The first kappa shape index (κ1) is 13.3. The summed E-state index contributed by atoms with van der Waals surface area (Å²) >= 11 is 0. The third-order valence-corrected chi connectivity index (χ3v) is 3.10. The van der Waals surface area contributed by atoms with Gasteiger partial charge in [0, 0.05) is 12.0 Å². The van der Waals surface area contributed by atoms with Crippen molar-refractivity contribution >= 4 is 11.6 Å². The third kappa shape index (κ3) is 2.37. The molecular formula is C12H9F2N5O2. The Kier molecular flexibility index (Phi) is 2.96. The highest BCUT2D eigenvalue weighted by molar-refractivity contribution is 5.62. The zero-order valence-electron chi connectivity index (χ0n) is 10.6. The van der Waals surface area contributed by atoms with Gasteiger partial charge in [0.2, 0.25) is 11.8 Å². The summed E-state index contributed by atoms with van der Waals surface area (Å²) in [7, 11) is 0. The van der Waals surface area contributed by atoms with Crippen LogP contribution in [-0.4, -0.2) is 19.9 Å². The van der Waals surface area contributed by atoms with E-state index in [2.05, 4.69) is 15.0 Å². The van der Waals surface area contributed by atoms with Crippen LogP contribution in [0.15, 0.2) is 12.1 Å². The van der Waals surface area contributed by atoms with Crippen LogP contribution in [0, 0.1) is 21.7 Å². The molecule has 1 aromatic carbocycles. The first-order valence-electron chi connectivity index (χ1n) is 6.11. The van der Waals surface area contributed by atoms with Crippen molar-refractivity contribution in [2.24, 2.45) is 0 Å². The van der Waals surface area contributed by atoms with Crippen LogP contribution in [0.25, 0.3) is 11.4 Å². The highest BCUT2D eigenvalue weighted by Gasteiger charge is 2.30. The molecule has 21 heavy (non-hydrogen) atoms. The fourth-order valence-corrected chi connectivity index (χ4v) is 1.93. The molecule has 9 heteroatoms. The van der Waals surface area contributed by atoms with Gasteiger partial charge in [-0.25, -0.2) is 9.37 Å². The van der Waals surface area contributed by atoms with Crippen LogP contribution in [0.1, 0.15) is 24.6 Å². The van der Waals surface area contributed by atoms with E-state index in [-0.39, 0.29) is 17.7 Å². The summed E-state index contributed by atoms with van der Waals surface area (Å²) in [6.07, 6.45) is 1.73.